The molecule has 0 bridgehead atoms. The van der Waals surface area contributed by atoms with Crippen LogP contribution in [-0.2, 0) is 11.3 Å². The highest BCUT2D eigenvalue weighted by molar-refractivity contribution is 6.07. The summed E-state index contributed by atoms with van der Waals surface area (Å²) in [5.41, 5.74) is 3.74. The standard InChI is InChI=1S/C25H22N4O4/c1-14-3-8-22(24(31)27-14)29-13-17-9-18(6-7-20(17)25(29)32)28-23(30)16-5-4-15-10-19(33-2)12-26-21(15)11-16/h4-7,9-12,22H,1,3,8,13H2,2H3,(H,27,31)(H,28,30). The first kappa shape index (κ1) is 20.7. The van der Waals surface area contributed by atoms with E-state index >= 15 is 0 Å². The van der Waals surface area contributed by atoms with E-state index in [9.17, 15) is 14.4 Å². The topological polar surface area (TPSA) is 101 Å². The molecule has 1 aromatic heterocycles. The molecule has 1 saturated heterocycles. The molecular formula is C25H22N4O4. The van der Waals surface area contributed by atoms with Gasteiger partial charge in [-0.2, -0.15) is 0 Å². The fraction of sp³-hybridized carbons (Fsp3) is 0.200. The molecule has 1 atom stereocenters. The number of rotatable bonds is 4. The van der Waals surface area contributed by atoms with E-state index in [-0.39, 0.29) is 17.7 Å². The van der Waals surface area contributed by atoms with E-state index in [2.05, 4.69) is 22.2 Å². The Morgan fingerprint density at radius 2 is 2.06 bits per heavy atom. The van der Waals surface area contributed by atoms with Crippen molar-refractivity contribution in [2.24, 2.45) is 0 Å². The SMILES string of the molecule is C=C1CCC(N2Cc3cc(NC(=O)c4ccc5cc(OC)cnc5c4)ccc3C2=O)C(=O)N1. The first-order valence-corrected chi connectivity index (χ1v) is 10.6. The van der Waals surface area contributed by atoms with Gasteiger partial charge in [0, 0.05) is 34.4 Å². The summed E-state index contributed by atoms with van der Waals surface area (Å²) in [5.74, 6) is -0.00655. The number of allylic oxidation sites excluding steroid dienone is 1. The van der Waals surface area contributed by atoms with E-state index in [4.69, 9.17) is 4.74 Å². The second-order valence-corrected chi connectivity index (χ2v) is 8.19. The quantitative estimate of drug-likeness (QED) is 0.646. The molecule has 0 spiro atoms. The Morgan fingerprint density at radius 3 is 2.85 bits per heavy atom. The Kier molecular flexibility index (Phi) is 5.05. The molecule has 0 radical (unpaired) electrons. The van der Waals surface area contributed by atoms with Gasteiger partial charge in [0.15, 0.2) is 0 Å². The summed E-state index contributed by atoms with van der Waals surface area (Å²) in [6.45, 7) is 4.11. The minimum atomic E-state index is -0.517. The van der Waals surface area contributed by atoms with Crippen LogP contribution in [-0.4, -0.2) is 40.8 Å². The van der Waals surface area contributed by atoms with Gasteiger partial charge in [-0.15, -0.1) is 0 Å². The molecule has 0 saturated carbocycles. The van der Waals surface area contributed by atoms with Crippen LogP contribution in [0.5, 0.6) is 5.75 Å². The van der Waals surface area contributed by atoms with Crippen LogP contribution >= 0.6 is 0 Å². The van der Waals surface area contributed by atoms with Gasteiger partial charge in [0.2, 0.25) is 5.91 Å². The van der Waals surface area contributed by atoms with Crippen molar-refractivity contribution in [3.8, 4) is 5.75 Å². The molecule has 1 unspecified atom stereocenters. The second kappa shape index (κ2) is 8.05. The van der Waals surface area contributed by atoms with Gasteiger partial charge < -0.3 is 20.3 Å². The van der Waals surface area contributed by atoms with Gasteiger partial charge in [0.25, 0.3) is 11.8 Å². The Bertz CT molecular complexity index is 1330. The predicted octanol–water partition coefficient (Wildman–Crippen LogP) is 3.24. The van der Waals surface area contributed by atoms with Crippen molar-refractivity contribution in [2.45, 2.75) is 25.4 Å². The van der Waals surface area contributed by atoms with Gasteiger partial charge in [-0.1, -0.05) is 12.6 Å². The van der Waals surface area contributed by atoms with Crippen molar-refractivity contribution in [1.82, 2.24) is 15.2 Å². The Labute approximate surface area is 190 Å². The average Bonchev–Trinajstić information content (AvgIpc) is 3.13. The van der Waals surface area contributed by atoms with Gasteiger partial charge in [-0.05, 0) is 54.8 Å². The van der Waals surface area contributed by atoms with E-state index in [1.54, 1.807) is 48.5 Å². The monoisotopic (exact) mass is 442 g/mol. The second-order valence-electron chi connectivity index (χ2n) is 8.19. The highest BCUT2D eigenvalue weighted by Crippen LogP contribution is 2.30. The fourth-order valence-corrected chi connectivity index (χ4v) is 4.29. The van der Waals surface area contributed by atoms with Crippen LogP contribution in [0.1, 0.15) is 39.1 Å². The first-order chi connectivity index (χ1) is 15.9. The lowest BCUT2D eigenvalue weighted by Gasteiger charge is -2.30. The summed E-state index contributed by atoms with van der Waals surface area (Å²) in [5, 5.41) is 6.49. The summed E-state index contributed by atoms with van der Waals surface area (Å²) in [7, 11) is 1.58. The molecule has 2 N–H and O–H groups in total. The normalized spacial score (nSPS) is 17.7. The van der Waals surface area contributed by atoms with Crippen molar-refractivity contribution in [1.29, 1.82) is 0 Å². The number of aromatic nitrogens is 1. The lowest BCUT2D eigenvalue weighted by atomic mass is 10.0. The first-order valence-electron chi connectivity index (χ1n) is 10.6. The third-order valence-corrected chi connectivity index (χ3v) is 6.05. The third kappa shape index (κ3) is 3.80. The Morgan fingerprint density at radius 1 is 1.21 bits per heavy atom. The number of hydrogen-bond donors (Lipinski definition) is 2. The van der Waals surface area contributed by atoms with Crippen LogP contribution in [0, 0.1) is 0 Å². The average molecular weight is 442 g/mol. The summed E-state index contributed by atoms with van der Waals surface area (Å²) in [4.78, 5) is 44.0. The van der Waals surface area contributed by atoms with Crippen molar-refractivity contribution < 1.29 is 19.1 Å². The lowest BCUT2D eigenvalue weighted by molar-refractivity contribution is -0.126. The molecule has 3 aromatic rings. The number of ether oxygens (including phenoxy) is 1. The van der Waals surface area contributed by atoms with Crippen LogP contribution in [0.2, 0.25) is 0 Å². The van der Waals surface area contributed by atoms with Crippen LogP contribution in [0.3, 0.4) is 0 Å². The Hall–Kier alpha value is -4.20. The molecule has 2 aromatic carbocycles. The lowest BCUT2D eigenvalue weighted by Crippen LogP contribution is -2.49. The van der Waals surface area contributed by atoms with Crippen LogP contribution in [0.15, 0.2) is 60.9 Å². The van der Waals surface area contributed by atoms with Gasteiger partial charge in [-0.3, -0.25) is 19.4 Å². The molecule has 5 rings (SSSR count). The molecule has 8 heteroatoms. The van der Waals surface area contributed by atoms with Crippen molar-refractivity contribution in [3.05, 3.63) is 77.6 Å². The fourth-order valence-electron chi connectivity index (χ4n) is 4.29. The molecule has 3 heterocycles. The van der Waals surface area contributed by atoms with E-state index in [0.717, 1.165) is 10.9 Å². The summed E-state index contributed by atoms with van der Waals surface area (Å²) in [6, 6.07) is 11.8. The molecule has 3 amide bonds. The number of methoxy groups -OCH3 is 1. The molecular weight excluding hydrogens is 420 g/mol. The molecule has 2 aliphatic heterocycles. The van der Waals surface area contributed by atoms with Gasteiger partial charge in [0.1, 0.15) is 11.8 Å². The highest BCUT2D eigenvalue weighted by Gasteiger charge is 2.38. The zero-order valence-electron chi connectivity index (χ0n) is 18.1. The van der Waals surface area contributed by atoms with Crippen molar-refractivity contribution >= 4 is 34.3 Å². The number of benzene rings is 2. The maximum Gasteiger partial charge on any atom is 0.255 e. The number of anilines is 1. The minimum Gasteiger partial charge on any atom is -0.495 e. The van der Waals surface area contributed by atoms with E-state index in [0.29, 0.717) is 53.2 Å². The number of pyridine rings is 1. The van der Waals surface area contributed by atoms with Gasteiger partial charge in [0.05, 0.1) is 18.8 Å². The molecule has 2 aliphatic rings. The third-order valence-electron chi connectivity index (χ3n) is 6.05. The van der Waals surface area contributed by atoms with Crippen LogP contribution in [0.4, 0.5) is 5.69 Å². The maximum atomic E-state index is 12.9. The van der Waals surface area contributed by atoms with E-state index < -0.39 is 6.04 Å². The number of carbonyl (C=O) groups is 3. The smallest absolute Gasteiger partial charge is 0.255 e. The molecule has 33 heavy (non-hydrogen) atoms. The number of hydrogen-bond acceptors (Lipinski definition) is 5. The summed E-state index contributed by atoms with van der Waals surface area (Å²) >= 11 is 0. The Balaban J connectivity index is 1.33. The predicted molar refractivity (Wildman–Crippen MR) is 123 cm³/mol. The van der Waals surface area contributed by atoms with Crippen molar-refractivity contribution in [2.75, 3.05) is 12.4 Å². The van der Waals surface area contributed by atoms with Crippen LogP contribution in [0.25, 0.3) is 10.9 Å². The molecule has 8 nitrogen and oxygen atoms in total. The number of amides is 3. The van der Waals surface area contributed by atoms with Gasteiger partial charge >= 0.3 is 0 Å². The number of piperidine rings is 1. The minimum absolute atomic E-state index is 0.174. The zero-order valence-corrected chi connectivity index (χ0v) is 18.1. The molecule has 1 fully saturated rings. The summed E-state index contributed by atoms with van der Waals surface area (Å²) in [6.07, 6.45) is 2.80. The molecule has 0 aliphatic carbocycles. The van der Waals surface area contributed by atoms with E-state index in [1.165, 1.54) is 0 Å². The number of fused-ring (bicyclic) bond motifs is 2. The number of nitrogens with one attached hydrogen (secondary N) is 2. The van der Waals surface area contributed by atoms with Crippen molar-refractivity contribution in [3.63, 3.8) is 0 Å². The van der Waals surface area contributed by atoms with Crippen LogP contribution < -0.4 is 15.4 Å². The number of nitrogens with zero attached hydrogens (tertiary/aromatic N) is 2. The maximum absolute atomic E-state index is 12.9. The zero-order chi connectivity index (χ0) is 23.1. The highest BCUT2D eigenvalue weighted by atomic mass is 16.5. The molecule has 166 valence electrons. The summed E-state index contributed by atoms with van der Waals surface area (Å²) < 4.78 is 5.18. The van der Waals surface area contributed by atoms with E-state index in [1.807, 2.05) is 12.1 Å². The largest absolute Gasteiger partial charge is 0.495 e. The van der Waals surface area contributed by atoms with Gasteiger partial charge in [-0.25, -0.2) is 0 Å². The number of carbonyl (C=O) groups excluding carboxylic acids is 3.